The van der Waals surface area contributed by atoms with Crippen molar-refractivity contribution in [3.8, 4) is 0 Å². The summed E-state index contributed by atoms with van der Waals surface area (Å²) in [5.41, 5.74) is 0.593. The Morgan fingerprint density at radius 3 is 2.74 bits per heavy atom. The summed E-state index contributed by atoms with van der Waals surface area (Å²) in [7, 11) is 0. The van der Waals surface area contributed by atoms with Gasteiger partial charge in [0.2, 0.25) is 0 Å². The van der Waals surface area contributed by atoms with Gasteiger partial charge in [-0.1, -0.05) is 23.2 Å². The van der Waals surface area contributed by atoms with Crippen LogP contribution in [0.25, 0.3) is 0 Å². The lowest BCUT2D eigenvalue weighted by molar-refractivity contribution is 0.0609. The first-order valence-electron chi connectivity index (χ1n) is 6.45. The van der Waals surface area contributed by atoms with Crippen LogP contribution in [0.3, 0.4) is 0 Å². The summed E-state index contributed by atoms with van der Waals surface area (Å²) in [6.45, 7) is 0.792. The van der Waals surface area contributed by atoms with Gasteiger partial charge in [0.15, 0.2) is 0 Å². The van der Waals surface area contributed by atoms with E-state index in [0.717, 1.165) is 32.2 Å². The zero-order valence-electron chi connectivity index (χ0n) is 10.5. The number of alkyl halides is 1. The van der Waals surface area contributed by atoms with Crippen molar-refractivity contribution in [3.05, 3.63) is 33.8 Å². The molecule has 1 unspecified atom stereocenters. The van der Waals surface area contributed by atoms with Crippen molar-refractivity contribution in [1.29, 1.82) is 0 Å². The third-order valence-corrected chi connectivity index (χ3v) is 4.45. The molecule has 1 aliphatic rings. The second-order valence-corrected chi connectivity index (χ2v) is 5.95. The molecule has 1 atom stereocenters. The summed E-state index contributed by atoms with van der Waals surface area (Å²) in [5.74, 6) is 0.601. The van der Waals surface area contributed by atoms with E-state index in [0.29, 0.717) is 21.5 Å². The van der Waals surface area contributed by atoms with E-state index in [2.05, 4.69) is 0 Å². The SMILES string of the molecule is O=C(c1ccc(Cl)c(Cl)c1)N1CCCCC1CCCl. The third-order valence-electron chi connectivity index (χ3n) is 3.50. The maximum absolute atomic E-state index is 12.5. The van der Waals surface area contributed by atoms with Crippen molar-refractivity contribution >= 4 is 40.7 Å². The third kappa shape index (κ3) is 3.56. The fraction of sp³-hybridized carbons (Fsp3) is 0.500. The molecule has 1 aromatic carbocycles. The molecule has 1 amide bonds. The summed E-state index contributed by atoms with van der Waals surface area (Å²) < 4.78 is 0. The number of amides is 1. The molecule has 1 aromatic rings. The zero-order valence-corrected chi connectivity index (χ0v) is 12.8. The van der Waals surface area contributed by atoms with Crippen LogP contribution in [0.1, 0.15) is 36.0 Å². The van der Waals surface area contributed by atoms with Gasteiger partial charge < -0.3 is 4.90 Å². The Bertz CT molecular complexity index is 462. The molecule has 0 bridgehead atoms. The van der Waals surface area contributed by atoms with E-state index in [1.54, 1.807) is 18.2 Å². The molecular formula is C14H16Cl3NO. The summed E-state index contributed by atoms with van der Waals surface area (Å²) in [4.78, 5) is 14.5. The summed E-state index contributed by atoms with van der Waals surface area (Å²) in [5, 5.41) is 0.882. The van der Waals surface area contributed by atoms with Crippen molar-refractivity contribution in [3.63, 3.8) is 0 Å². The molecule has 2 nitrogen and oxygen atoms in total. The van der Waals surface area contributed by atoms with Crippen LogP contribution in [0.2, 0.25) is 10.0 Å². The maximum Gasteiger partial charge on any atom is 0.254 e. The number of nitrogens with zero attached hydrogens (tertiary/aromatic N) is 1. The molecule has 1 aliphatic heterocycles. The fourth-order valence-corrected chi connectivity index (χ4v) is 3.04. The zero-order chi connectivity index (χ0) is 13.8. The largest absolute Gasteiger partial charge is 0.336 e. The molecule has 0 aromatic heterocycles. The highest BCUT2D eigenvalue weighted by molar-refractivity contribution is 6.42. The van der Waals surface area contributed by atoms with Crippen LogP contribution >= 0.6 is 34.8 Å². The highest BCUT2D eigenvalue weighted by atomic mass is 35.5. The molecule has 0 N–H and O–H groups in total. The Morgan fingerprint density at radius 1 is 1.26 bits per heavy atom. The normalized spacial score (nSPS) is 19.5. The molecule has 1 fully saturated rings. The summed E-state index contributed by atoms with van der Waals surface area (Å²) in [6, 6.07) is 5.27. The number of likely N-dealkylation sites (tertiary alicyclic amines) is 1. The number of carbonyl (C=O) groups is 1. The van der Waals surface area contributed by atoms with E-state index < -0.39 is 0 Å². The molecule has 5 heteroatoms. The molecule has 0 spiro atoms. The first-order valence-corrected chi connectivity index (χ1v) is 7.74. The summed E-state index contributed by atoms with van der Waals surface area (Å²) >= 11 is 17.7. The van der Waals surface area contributed by atoms with Crippen molar-refractivity contribution in [1.82, 2.24) is 4.90 Å². The van der Waals surface area contributed by atoms with Crippen LogP contribution in [0.5, 0.6) is 0 Å². The minimum atomic E-state index is 0.0217. The molecule has 0 radical (unpaired) electrons. The Kier molecular flexibility index (Phi) is 5.37. The molecule has 104 valence electrons. The van der Waals surface area contributed by atoms with Gasteiger partial charge in [0.05, 0.1) is 10.0 Å². The number of hydrogen-bond acceptors (Lipinski definition) is 1. The van der Waals surface area contributed by atoms with Crippen LogP contribution in [0.4, 0.5) is 0 Å². The molecule has 2 rings (SSSR count). The molecule has 1 saturated heterocycles. The van der Waals surface area contributed by atoms with Gasteiger partial charge in [-0.3, -0.25) is 4.79 Å². The minimum absolute atomic E-state index is 0.0217. The number of piperidine rings is 1. The predicted octanol–water partition coefficient (Wildman–Crippen LogP) is 4.62. The van der Waals surface area contributed by atoms with E-state index in [1.165, 1.54) is 0 Å². The van der Waals surface area contributed by atoms with Gasteiger partial charge in [-0.15, -0.1) is 11.6 Å². The van der Waals surface area contributed by atoms with E-state index >= 15 is 0 Å². The minimum Gasteiger partial charge on any atom is -0.336 e. The van der Waals surface area contributed by atoms with Gasteiger partial charge >= 0.3 is 0 Å². The fourth-order valence-electron chi connectivity index (χ4n) is 2.49. The Labute approximate surface area is 128 Å². The number of benzene rings is 1. The first-order chi connectivity index (χ1) is 9.13. The number of hydrogen-bond donors (Lipinski definition) is 0. The van der Waals surface area contributed by atoms with Crippen LogP contribution in [0, 0.1) is 0 Å². The van der Waals surface area contributed by atoms with E-state index in [1.807, 2.05) is 4.90 Å². The van der Waals surface area contributed by atoms with Gasteiger partial charge in [0.1, 0.15) is 0 Å². The van der Waals surface area contributed by atoms with Crippen LogP contribution in [-0.4, -0.2) is 29.3 Å². The smallest absolute Gasteiger partial charge is 0.254 e. The first kappa shape index (κ1) is 15.0. The topological polar surface area (TPSA) is 20.3 Å². The average Bonchev–Trinajstić information content (AvgIpc) is 2.42. The molecule has 0 saturated carbocycles. The van der Waals surface area contributed by atoms with Crippen molar-refractivity contribution < 1.29 is 4.79 Å². The lowest BCUT2D eigenvalue weighted by Crippen LogP contribution is -2.43. The quantitative estimate of drug-likeness (QED) is 0.744. The van der Waals surface area contributed by atoms with Crippen LogP contribution in [0.15, 0.2) is 18.2 Å². The Hall–Kier alpha value is -0.440. The van der Waals surface area contributed by atoms with E-state index in [9.17, 15) is 4.79 Å². The Balaban J connectivity index is 2.18. The number of halogens is 3. The highest BCUT2D eigenvalue weighted by Crippen LogP contribution is 2.26. The van der Waals surface area contributed by atoms with Gasteiger partial charge in [-0.25, -0.2) is 0 Å². The Morgan fingerprint density at radius 2 is 2.05 bits per heavy atom. The molecule has 19 heavy (non-hydrogen) atoms. The second-order valence-electron chi connectivity index (χ2n) is 4.75. The maximum atomic E-state index is 12.5. The average molecular weight is 321 g/mol. The van der Waals surface area contributed by atoms with Gasteiger partial charge in [-0.2, -0.15) is 0 Å². The predicted molar refractivity (Wildman–Crippen MR) is 80.5 cm³/mol. The van der Waals surface area contributed by atoms with Crippen LogP contribution < -0.4 is 0 Å². The lowest BCUT2D eigenvalue weighted by atomic mass is 9.99. The van der Waals surface area contributed by atoms with Crippen LogP contribution in [-0.2, 0) is 0 Å². The molecule has 0 aliphatic carbocycles. The second kappa shape index (κ2) is 6.83. The summed E-state index contributed by atoms with van der Waals surface area (Å²) in [6.07, 6.45) is 4.08. The molecular weight excluding hydrogens is 305 g/mol. The van der Waals surface area contributed by atoms with Gasteiger partial charge in [0.25, 0.3) is 5.91 Å². The van der Waals surface area contributed by atoms with Gasteiger partial charge in [-0.05, 0) is 43.9 Å². The lowest BCUT2D eigenvalue weighted by Gasteiger charge is -2.35. The van der Waals surface area contributed by atoms with Crippen molar-refractivity contribution in [2.75, 3.05) is 12.4 Å². The number of rotatable bonds is 3. The van der Waals surface area contributed by atoms with Crippen molar-refractivity contribution in [2.24, 2.45) is 0 Å². The van der Waals surface area contributed by atoms with Gasteiger partial charge in [0, 0.05) is 24.0 Å². The number of carbonyl (C=O) groups excluding carboxylic acids is 1. The highest BCUT2D eigenvalue weighted by Gasteiger charge is 2.27. The molecule has 1 heterocycles. The van der Waals surface area contributed by atoms with E-state index in [-0.39, 0.29) is 11.9 Å². The van der Waals surface area contributed by atoms with E-state index in [4.69, 9.17) is 34.8 Å². The van der Waals surface area contributed by atoms with Crippen molar-refractivity contribution in [2.45, 2.75) is 31.7 Å². The monoisotopic (exact) mass is 319 g/mol. The standard InChI is InChI=1S/C14H16Cl3NO/c15-7-6-11-3-1-2-8-18(11)14(19)10-4-5-12(16)13(17)9-10/h4-5,9,11H,1-3,6-8H2.